The van der Waals surface area contributed by atoms with Gasteiger partial charge in [0.05, 0.1) is 5.02 Å². The number of likely N-dealkylation sites (tertiary alicyclic amines) is 2. The van der Waals surface area contributed by atoms with Gasteiger partial charge >= 0.3 is 0 Å². The summed E-state index contributed by atoms with van der Waals surface area (Å²) in [7, 11) is 1.84. The number of halogens is 1. The van der Waals surface area contributed by atoms with Crippen molar-refractivity contribution >= 4 is 23.4 Å². The van der Waals surface area contributed by atoms with Crippen molar-refractivity contribution in [2.75, 3.05) is 26.2 Å². The number of rotatable bonds is 2. The maximum Gasteiger partial charge on any atom is 0.270 e. The van der Waals surface area contributed by atoms with Gasteiger partial charge in [0.1, 0.15) is 5.69 Å². The molecule has 5 nitrogen and oxygen atoms in total. The van der Waals surface area contributed by atoms with Gasteiger partial charge in [0, 0.05) is 45.8 Å². The van der Waals surface area contributed by atoms with Crippen LogP contribution in [-0.2, 0) is 11.8 Å². The summed E-state index contributed by atoms with van der Waals surface area (Å²) in [4.78, 5) is 28.4. The topological polar surface area (TPSA) is 45.6 Å². The molecule has 2 amide bonds. The lowest BCUT2D eigenvalue weighted by atomic mass is 9.72. The molecule has 3 rings (SSSR count). The van der Waals surface area contributed by atoms with E-state index in [-0.39, 0.29) is 17.2 Å². The third kappa shape index (κ3) is 3.11. The van der Waals surface area contributed by atoms with Crippen LogP contribution in [0.4, 0.5) is 0 Å². The SMILES string of the molecule is CCN1CC2(CCC1=O)CCN(C(=O)c1cc(Cl)cn1C)CC2. The van der Waals surface area contributed by atoms with Crippen molar-refractivity contribution in [2.24, 2.45) is 12.5 Å². The first-order chi connectivity index (χ1) is 10.9. The molecular formula is C17H24ClN3O2. The molecule has 1 spiro atoms. The minimum Gasteiger partial charge on any atom is -0.345 e. The Hall–Kier alpha value is -1.49. The minimum absolute atomic E-state index is 0.0495. The summed E-state index contributed by atoms with van der Waals surface area (Å²) >= 11 is 5.98. The van der Waals surface area contributed by atoms with Crippen LogP contribution in [0.1, 0.15) is 43.1 Å². The number of hydrogen-bond acceptors (Lipinski definition) is 2. The maximum absolute atomic E-state index is 12.7. The third-order valence-electron chi connectivity index (χ3n) is 5.43. The van der Waals surface area contributed by atoms with Gasteiger partial charge < -0.3 is 14.4 Å². The van der Waals surface area contributed by atoms with E-state index in [4.69, 9.17) is 11.6 Å². The monoisotopic (exact) mass is 337 g/mol. The van der Waals surface area contributed by atoms with Gasteiger partial charge in [-0.2, -0.15) is 0 Å². The number of carbonyl (C=O) groups excluding carboxylic acids is 2. The van der Waals surface area contributed by atoms with Crippen LogP contribution in [0.5, 0.6) is 0 Å². The van der Waals surface area contributed by atoms with E-state index in [0.717, 1.165) is 45.4 Å². The highest BCUT2D eigenvalue weighted by Gasteiger charge is 2.41. The Bertz CT molecular complexity index is 617. The van der Waals surface area contributed by atoms with Crippen molar-refractivity contribution in [1.29, 1.82) is 0 Å². The molecule has 126 valence electrons. The van der Waals surface area contributed by atoms with E-state index in [1.54, 1.807) is 16.8 Å². The molecule has 0 aliphatic carbocycles. The van der Waals surface area contributed by atoms with Gasteiger partial charge in [-0.1, -0.05) is 11.6 Å². The fraction of sp³-hybridized carbons (Fsp3) is 0.647. The molecule has 6 heteroatoms. The Balaban J connectivity index is 1.65. The number of hydrogen-bond donors (Lipinski definition) is 0. The highest BCUT2D eigenvalue weighted by Crippen LogP contribution is 2.40. The van der Waals surface area contributed by atoms with E-state index in [0.29, 0.717) is 17.1 Å². The van der Waals surface area contributed by atoms with Crippen molar-refractivity contribution in [2.45, 2.75) is 32.6 Å². The fourth-order valence-electron chi connectivity index (χ4n) is 3.88. The van der Waals surface area contributed by atoms with E-state index < -0.39 is 0 Å². The van der Waals surface area contributed by atoms with E-state index in [9.17, 15) is 9.59 Å². The summed E-state index contributed by atoms with van der Waals surface area (Å²) < 4.78 is 1.78. The molecule has 0 aromatic carbocycles. The second-order valence-corrected chi connectivity index (χ2v) is 7.29. The molecule has 0 bridgehead atoms. The largest absolute Gasteiger partial charge is 0.345 e. The molecule has 2 aliphatic rings. The van der Waals surface area contributed by atoms with Gasteiger partial charge in [-0.15, -0.1) is 0 Å². The highest BCUT2D eigenvalue weighted by molar-refractivity contribution is 6.31. The van der Waals surface area contributed by atoms with Gasteiger partial charge in [0.2, 0.25) is 5.91 Å². The zero-order valence-corrected chi connectivity index (χ0v) is 14.6. The second-order valence-electron chi connectivity index (χ2n) is 6.85. The summed E-state index contributed by atoms with van der Waals surface area (Å²) in [5, 5.41) is 0.591. The van der Waals surface area contributed by atoms with Crippen LogP contribution in [0.3, 0.4) is 0 Å². The molecule has 1 aromatic heterocycles. The van der Waals surface area contributed by atoms with E-state index in [2.05, 4.69) is 0 Å². The number of piperidine rings is 2. The smallest absolute Gasteiger partial charge is 0.270 e. The Morgan fingerprint density at radius 3 is 2.57 bits per heavy atom. The maximum atomic E-state index is 12.7. The Labute approximate surface area is 142 Å². The molecule has 1 aromatic rings. The number of aromatic nitrogens is 1. The van der Waals surface area contributed by atoms with Gasteiger partial charge in [0.15, 0.2) is 0 Å². The first-order valence-corrected chi connectivity index (χ1v) is 8.71. The molecule has 2 saturated heterocycles. The zero-order valence-electron chi connectivity index (χ0n) is 13.8. The number of carbonyl (C=O) groups is 2. The summed E-state index contributed by atoms with van der Waals surface area (Å²) in [6, 6.07) is 1.73. The zero-order chi connectivity index (χ0) is 16.6. The van der Waals surface area contributed by atoms with E-state index in [1.807, 2.05) is 23.8 Å². The molecular weight excluding hydrogens is 314 g/mol. The van der Waals surface area contributed by atoms with Crippen molar-refractivity contribution in [3.8, 4) is 0 Å². The standard InChI is InChI=1S/C17H24ClN3O2/c1-3-20-12-17(5-4-15(20)22)6-8-21(9-7-17)16(23)14-10-13(18)11-19(14)2/h10-11H,3-9,12H2,1-2H3. The summed E-state index contributed by atoms with van der Waals surface area (Å²) in [6.07, 6.45) is 5.31. The van der Waals surface area contributed by atoms with Crippen LogP contribution < -0.4 is 0 Å². The lowest BCUT2D eigenvalue weighted by molar-refractivity contribution is -0.138. The number of aryl methyl sites for hydroxylation is 1. The van der Waals surface area contributed by atoms with Crippen molar-refractivity contribution in [3.63, 3.8) is 0 Å². The second kappa shape index (κ2) is 6.19. The van der Waals surface area contributed by atoms with E-state index in [1.165, 1.54) is 0 Å². The molecule has 0 saturated carbocycles. The van der Waals surface area contributed by atoms with Crippen molar-refractivity contribution in [1.82, 2.24) is 14.4 Å². The van der Waals surface area contributed by atoms with Crippen LogP contribution >= 0.6 is 11.6 Å². The summed E-state index contributed by atoms with van der Waals surface area (Å²) in [5.74, 6) is 0.323. The highest BCUT2D eigenvalue weighted by atomic mass is 35.5. The third-order valence-corrected chi connectivity index (χ3v) is 5.64. The van der Waals surface area contributed by atoms with E-state index >= 15 is 0 Å². The van der Waals surface area contributed by atoms with Crippen LogP contribution in [-0.4, -0.2) is 52.4 Å². The molecule has 0 radical (unpaired) electrons. The molecule has 2 aliphatic heterocycles. The van der Waals surface area contributed by atoms with Crippen LogP contribution in [0, 0.1) is 5.41 Å². The predicted molar refractivity (Wildman–Crippen MR) is 89.5 cm³/mol. The Morgan fingerprint density at radius 2 is 2.00 bits per heavy atom. The van der Waals surface area contributed by atoms with Crippen molar-refractivity contribution < 1.29 is 9.59 Å². The Morgan fingerprint density at radius 1 is 1.30 bits per heavy atom. The average Bonchev–Trinajstić information content (AvgIpc) is 2.88. The average molecular weight is 338 g/mol. The molecule has 23 heavy (non-hydrogen) atoms. The molecule has 0 unspecified atom stereocenters. The van der Waals surface area contributed by atoms with Crippen LogP contribution in [0.2, 0.25) is 5.02 Å². The van der Waals surface area contributed by atoms with Gasteiger partial charge in [0.25, 0.3) is 5.91 Å². The lowest BCUT2D eigenvalue weighted by Crippen LogP contribution is -2.52. The normalized spacial score (nSPS) is 21.1. The predicted octanol–water partition coefficient (Wildman–Crippen LogP) is 2.54. The molecule has 3 heterocycles. The van der Waals surface area contributed by atoms with Gasteiger partial charge in [-0.3, -0.25) is 9.59 Å². The number of amides is 2. The summed E-state index contributed by atoms with van der Waals surface area (Å²) in [5.41, 5.74) is 0.840. The first-order valence-electron chi connectivity index (χ1n) is 8.33. The van der Waals surface area contributed by atoms with Crippen molar-refractivity contribution in [3.05, 3.63) is 23.0 Å². The lowest BCUT2D eigenvalue weighted by Gasteiger charge is -2.47. The Kier molecular flexibility index (Phi) is 4.41. The molecule has 2 fully saturated rings. The molecule has 0 N–H and O–H groups in total. The fourth-order valence-corrected chi connectivity index (χ4v) is 4.13. The summed E-state index contributed by atoms with van der Waals surface area (Å²) in [6.45, 7) is 5.18. The van der Waals surface area contributed by atoms with Crippen LogP contribution in [0.25, 0.3) is 0 Å². The van der Waals surface area contributed by atoms with Gasteiger partial charge in [-0.25, -0.2) is 0 Å². The number of nitrogens with zero attached hydrogens (tertiary/aromatic N) is 3. The minimum atomic E-state index is 0.0495. The molecule has 0 atom stereocenters. The quantitative estimate of drug-likeness (QED) is 0.832. The first kappa shape index (κ1) is 16.4. The van der Waals surface area contributed by atoms with Gasteiger partial charge in [-0.05, 0) is 37.7 Å². The van der Waals surface area contributed by atoms with Crippen LogP contribution in [0.15, 0.2) is 12.3 Å².